The van der Waals surface area contributed by atoms with E-state index in [1.165, 1.54) is 13.8 Å². The predicted molar refractivity (Wildman–Crippen MR) is 65.4 cm³/mol. The second kappa shape index (κ2) is 5.34. The topological polar surface area (TPSA) is 52.6 Å². The standard InChI is InChI=1S/C13H22O4/c1-9(2)8-10(14)16-13(6,7)11(15)17-12(3,4)5/h1,8H2,2-7H3. The smallest absolute Gasteiger partial charge is 0.350 e. The molecule has 0 fully saturated rings. The van der Waals surface area contributed by atoms with Crippen LogP contribution in [0.5, 0.6) is 0 Å². The molecule has 0 saturated carbocycles. The lowest BCUT2D eigenvalue weighted by Gasteiger charge is -2.28. The number of carbonyl (C=O) groups is 2. The number of hydrogen-bond donors (Lipinski definition) is 0. The summed E-state index contributed by atoms with van der Waals surface area (Å²) >= 11 is 0. The summed E-state index contributed by atoms with van der Waals surface area (Å²) in [6, 6.07) is 0. The molecule has 0 heterocycles. The Labute approximate surface area is 103 Å². The third-order valence-corrected chi connectivity index (χ3v) is 1.71. The molecule has 0 bridgehead atoms. The molecule has 0 spiro atoms. The number of ether oxygens (including phenoxy) is 2. The fraction of sp³-hybridized carbons (Fsp3) is 0.692. The summed E-state index contributed by atoms with van der Waals surface area (Å²) in [5, 5.41) is 0. The zero-order chi connectivity index (χ0) is 13.9. The van der Waals surface area contributed by atoms with Crippen LogP contribution in [0.15, 0.2) is 12.2 Å². The molecule has 0 aliphatic rings. The fourth-order valence-corrected chi connectivity index (χ4v) is 1.01. The third-order valence-electron chi connectivity index (χ3n) is 1.71. The third kappa shape index (κ3) is 6.76. The van der Waals surface area contributed by atoms with Crippen molar-refractivity contribution in [2.24, 2.45) is 0 Å². The van der Waals surface area contributed by atoms with Crippen molar-refractivity contribution in [2.75, 3.05) is 0 Å². The van der Waals surface area contributed by atoms with E-state index < -0.39 is 23.1 Å². The molecule has 0 aromatic heterocycles. The molecule has 4 nitrogen and oxygen atoms in total. The maximum Gasteiger partial charge on any atom is 0.350 e. The zero-order valence-corrected chi connectivity index (χ0v) is 11.5. The fourth-order valence-electron chi connectivity index (χ4n) is 1.01. The Morgan fingerprint density at radius 2 is 1.53 bits per heavy atom. The van der Waals surface area contributed by atoms with Gasteiger partial charge in [0.25, 0.3) is 0 Å². The largest absolute Gasteiger partial charge is 0.457 e. The van der Waals surface area contributed by atoms with Crippen LogP contribution in [-0.2, 0) is 19.1 Å². The van der Waals surface area contributed by atoms with Gasteiger partial charge in [0.2, 0.25) is 5.60 Å². The van der Waals surface area contributed by atoms with Crippen molar-refractivity contribution in [3.63, 3.8) is 0 Å². The molecule has 4 heteroatoms. The summed E-state index contributed by atoms with van der Waals surface area (Å²) in [6.07, 6.45) is 0.103. The first-order chi connectivity index (χ1) is 7.44. The van der Waals surface area contributed by atoms with E-state index in [0.29, 0.717) is 5.57 Å². The highest BCUT2D eigenvalue weighted by Gasteiger charge is 2.36. The quantitative estimate of drug-likeness (QED) is 0.561. The SMILES string of the molecule is C=C(C)CC(=O)OC(C)(C)C(=O)OC(C)(C)C. The highest BCUT2D eigenvalue weighted by molar-refractivity contribution is 5.83. The van der Waals surface area contributed by atoms with Gasteiger partial charge in [-0.2, -0.15) is 0 Å². The highest BCUT2D eigenvalue weighted by atomic mass is 16.6. The van der Waals surface area contributed by atoms with Crippen LogP contribution >= 0.6 is 0 Å². The second-order valence-electron chi connectivity index (χ2n) is 5.62. The van der Waals surface area contributed by atoms with E-state index in [-0.39, 0.29) is 6.42 Å². The molecule has 0 aromatic rings. The second-order valence-corrected chi connectivity index (χ2v) is 5.62. The Balaban J connectivity index is 4.52. The average molecular weight is 242 g/mol. The van der Waals surface area contributed by atoms with Gasteiger partial charge in [-0.3, -0.25) is 4.79 Å². The first-order valence-corrected chi connectivity index (χ1v) is 5.54. The van der Waals surface area contributed by atoms with Crippen LogP contribution in [0.4, 0.5) is 0 Å². The van der Waals surface area contributed by atoms with Crippen LogP contribution < -0.4 is 0 Å². The molecular weight excluding hydrogens is 220 g/mol. The van der Waals surface area contributed by atoms with E-state index in [1.54, 1.807) is 27.7 Å². The van der Waals surface area contributed by atoms with Crippen molar-refractivity contribution < 1.29 is 19.1 Å². The summed E-state index contributed by atoms with van der Waals surface area (Å²) in [4.78, 5) is 23.2. The van der Waals surface area contributed by atoms with Gasteiger partial charge in [-0.1, -0.05) is 12.2 Å². The van der Waals surface area contributed by atoms with Gasteiger partial charge in [0, 0.05) is 0 Å². The molecule has 0 saturated heterocycles. The maximum absolute atomic E-state index is 11.8. The van der Waals surface area contributed by atoms with E-state index in [9.17, 15) is 9.59 Å². The number of hydrogen-bond acceptors (Lipinski definition) is 4. The van der Waals surface area contributed by atoms with Crippen molar-refractivity contribution in [3.05, 3.63) is 12.2 Å². The molecule has 0 atom stereocenters. The number of carbonyl (C=O) groups excluding carboxylic acids is 2. The molecule has 0 unspecified atom stereocenters. The number of rotatable bonds is 4. The van der Waals surface area contributed by atoms with Crippen molar-refractivity contribution in [2.45, 2.75) is 59.2 Å². The monoisotopic (exact) mass is 242 g/mol. The van der Waals surface area contributed by atoms with Gasteiger partial charge in [-0.25, -0.2) is 4.79 Å². The minimum atomic E-state index is -1.28. The summed E-state index contributed by atoms with van der Waals surface area (Å²) < 4.78 is 10.3. The molecule has 0 aliphatic carbocycles. The van der Waals surface area contributed by atoms with E-state index in [1.807, 2.05) is 0 Å². The lowest BCUT2D eigenvalue weighted by atomic mass is 10.1. The molecule has 0 N–H and O–H groups in total. The summed E-state index contributed by atoms with van der Waals surface area (Å²) in [6.45, 7) is 13.6. The average Bonchev–Trinajstić information content (AvgIpc) is 1.96. The van der Waals surface area contributed by atoms with E-state index in [0.717, 1.165) is 0 Å². The molecule has 17 heavy (non-hydrogen) atoms. The van der Waals surface area contributed by atoms with Crippen LogP contribution in [0.3, 0.4) is 0 Å². The van der Waals surface area contributed by atoms with Crippen LogP contribution in [0.25, 0.3) is 0 Å². The molecular formula is C13H22O4. The lowest BCUT2D eigenvalue weighted by molar-refractivity contribution is -0.186. The molecule has 0 radical (unpaired) electrons. The molecule has 98 valence electrons. The van der Waals surface area contributed by atoms with E-state index in [4.69, 9.17) is 9.47 Å². The lowest BCUT2D eigenvalue weighted by Crippen LogP contribution is -2.42. The van der Waals surface area contributed by atoms with E-state index in [2.05, 4.69) is 6.58 Å². The Kier molecular flexibility index (Phi) is 4.93. The number of esters is 2. The Hall–Kier alpha value is -1.32. The molecule has 0 aliphatic heterocycles. The van der Waals surface area contributed by atoms with Crippen LogP contribution in [0.2, 0.25) is 0 Å². The zero-order valence-electron chi connectivity index (χ0n) is 11.5. The molecule has 0 rings (SSSR count). The van der Waals surface area contributed by atoms with Crippen molar-refractivity contribution >= 4 is 11.9 Å². The highest BCUT2D eigenvalue weighted by Crippen LogP contribution is 2.18. The Morgan fingerprint density at radius 3 is 1.88 bits per heavy atom. The Morgan fingerprint density at radius 1 is 1.06 bits per heavy atom. The first kappa shape index (κ1) is 15.7. The molecule has 0 aromatic carbocycles. The van der Waals surface area contributed by atoms with Crippen molar-refractivity contribution in [1.29, 1.82) is 0 Å². The van der Waals surface area contributed by atoms with Gasteiger partial charge < -0.3 is 9.47 Å². The van der Waals surface area contributed by atoms with Gasteiger partial charge in [0.1, 0.15) is 5.60 Å². The first-order valence-electron chi connectivity index (χ1n) is 5.54. The summed E-state index contributed by atoms with van der Waals surface area (Å²) in [7, 11) is 0. The minimum absolute atomic E-state index is 0.103. The van der Waals surface area contributed by atoms with E-state index >= 15 is 0 Å². The normalized spacial score (nSPS) is 11.9. The van der Waals surface area contributed by atoms with Crippen molar-refractivity contribution in [1.82, 2.24) is 0 Å². The molecule has 0 amide bonds. The van der Waals surface area contributed by atoms with Gasteiger partial charge in [-0.05, 0) is 41.5 Å². The van der Waals surface area contributed by atoms with Gasteiger partial charge in [0.05, 0.1) is 6.42 Å². The van der Waals surface area contributed by atoms with Gasteiger partial charge >= 0.3 is 11.9 Å². The van der Waals surface area contributed by atoms with Crippen LogP contribution in [0, 0.1) is 0 Å². The van der Waals surface area contributed by atoms with Crippen molar-refractivity contribution in [3.8, 4) is 0 Å². The predicted octanol–water partition coefficient (Wildman–Crippen LogP) is 2.62. The Bertz CT molecular complexity index is 321. The van der Waals surface area contributed by atoms with Gasteiger partial charge in [0.15, 0.2) is 0 Å². The van der Waals surface area contributed by atoms with Gasteiger partial charge in [-0.15, -0.1) is 0 Å². The summed E-state index contributed by atoms with van der Waals surface area (Å²) in [5.74, 6) is -1.03. The summed E-state index contributed by atoms with van der Waals surface area (Å²) in [5.41, 5.74) is -1.19. The minimum Gasteiger partial charge on any atom is -0.457 e. The van der Waals surface area contributed by atoms with Crippen LogP contribution in [0.1, 0.15) is 48.0 Å². The van der Waals surface area contributed by atoms with Crippen LogP contribution in [-0.4, -0.2) is 23.1 Å². The maximum atomic E-state index is 11.8.